The van der Waals surface area contributed by atoms with Crippen molar-refractivity contribution in [2.24, 2.45) is 17.1 Å². The first kappa shape index (κ1) is 48.4. The maximum atomic E-state index is 16.2. The van der Waals surface area contributed by atoms with Gasteiger partial charge in [0.05, 0.1) is 25.0 Å². The number of rotatable bonds is 15. The Kier molecular flexibility index (Phi) is 15.3. The van der Waals surface area contributed by atoms with Gasteiger partial charge < -0.3 is 35.1 Å². The lowest BCUT2D eigenvalue weighted by Crippen LogP contribution is -2.51. The molecule has 14 nitrogen and oxygen atoms in total. The molecule has 3 heterocycles. The highest BCUT2D eigenvalue weighted by atomic mass is 35.5. The van der Waals surface area contributed by atoms with E-state index in [1.165, 1.54) is 31.3 Å². The van der Waals surface area contributed by atoms with Crippen LogP contribution < -0.4 is 30.7 Å². The average molecular weight is 952 g/mol. The van der Waals surface area contributed by atoms with Gasteiger partial charge in [-0.05, 0) is 110 Å². The Labute approximate surface area is 401 Å². The third-order valence-corrected chi connectivity index (χ3v) is 14.8. The van der Waals surface area contributed by atoms with E-state index in [2.05, 4.69) is 27.7 Å². The minimum atomic E-state index is -0.787. The highest BCUT2D eigenvalue weighted by molar-refractivity contribution is 6.33. The van der Waals surface area contributed by atoms with Gasteiger partial charge in [-0.3, -0.25) is 29.4 Å². The maximum Gasteiger partial charge on any atom is 0.328 e. The molecule has 6 amide bonds. The van der Waals surface area contributed by atoms with Crippen LogP contribution in [-0.4, -0.2) is 112 Å². The molecule has 0 radical (unpaired) electrons. The molecular formula is C52H60ClFN6O8. The number of nitrogens with two attached hydrogens (primary N) is 1. The van der Waals surface area contributed by atoms with Crippen molar-refractivity contribution in [1.29, 1.82) is 0 Å². The second kappa shape index (κ2) is 21.5. The predicted octanol–water partition coefficient (Wildman–Crippen LogP) is 7.55. The van der Waals surface area contributed by atoms with E-state index in [4.69, 9.17) is 31.5 Å². The van der Waals surface area contributed by atoms with Crippen molar-refractivity contribution in [3.63, 3.8) is 0 Å². The fourth-order valence-corrected chi connectivity index (χ4v) is 10.6. The molecule has 4 N–H and O–H groups in total. The van der Waals surface area contributed by atoms with Crippen molar-refractivity contribution >= 4 is 46.9 Å². The van der Waals surface area contributed by atoms with Crippen LogP contribution >= 0.6 is 11.6 Å². The minimum Gasteiger partial charge on any atom is -0.495 e. The van der Waals surface area contributed by atoms with E-state index in [1.807, 2.05) is 35.2 Å². The Morgan fingerprint density at radius 3 is 2.19 bits per heavy atom. The summed E-state index contributed by atoms with van der Waals surface area (Å²) in [5.74, 6) is -1.49. The van der Waals surface area contributed by atoms with E-state index in [1.54, 1.807) is 24.3 Å². The molecule has 4 aliphatic rings. The normalized spacial score (nSPS) is 19.9. The van der Waals surface area contributed by atoms with Gasteiger partial charge in [0.2, 0.25) is 17.7 Å². The van der Waals surface area contributed by atoms with Gasteiger partial charge in [-0.1, -0.05) is 48.0 Å². The first-order valence-electron chi connectivity index (χ1n) is 23.6. The molecule has 1 atom stereocenters. The number of carbonyl (C=O) groups excluding carboxylic acids is 5. The molecule has 16 heteroatoms. The number of amides is 6. The topological polar surface area (TPSA) is 173 Å². The number of halogens is 2. The lowest BCUT2D eigenvalue weighted by molar-refractivity contribution is -0.139. The average Bonchev–Trinajstić information content (AvgIpc) is 3.35. The van der Waals surface area contributed by atoms with Gasteiger partial charge in [-0.2, -0.15) is 0 Å². The zero-order valence-electron chi connectivity index (χ0n) is 38.7. The third-order valence-electron chi connectivity index (χ3n) is 14.5. The zero-order chi connectivity index (χ0) is 48.0. The smallest absolute Gasteiger partial charge is 0.328 e. The minimum absolute atomic E-state index is 0.00493. The Hall–Kier alpha value is -6.03. The SMILES string of the molecule is COCCOc1ccc(C(N)=O)c(-c2cc(C(CNC3CCC(C(=O)N4CCC5(CCN(C(=O)c6ccc(OC)c(N7CCC(=O)NC7=O)c6)CC5)CC4)CC3)c3ccccc3)ccc2Cl)c1F. The number of primary amides is 1. The van der Waals surface area contributed by atoms with E-state index in [9.17, 15) is 24.0 Å². The highest BCUT2D eigenvalue weighted by Gasteiger charge is 2.41. The summed E-state index contributed by atoms with van der Waals surface area (Å²) in [6, 6.07) is 23.1. The van der Waals surface area contributed by atoms with Gasteiger partial charge in [0.25, 0.3) is 5.91 Å². The molecule has 1 saturated carbocycles. The molecule has 8 rings (SSSR count). The quantitative estimate of drug-likeness (QED) is 0.102. The van der Waals surface area contributed by atoms with Gasteiger partial charge in [-0.25, -0.2) is 9.18 Å². The number of nitrogens with zero attached hydrogens (tertiary/aromatic N) is 3. The molecule has 3 saturated heterocycles. The summed E-state index contributed by atoms with van der Waals surface area (Å²) in [6.07, 6.45) is 7.00. The molecule has 3 aliphatic heterocycles. The second-order valence-electron chi connectivity index (χ2n) is 18.4. The lowest BCUT2D eigenvalue weighted by Gasteiger charge is -2.47. The number of nitrogens with one attached hydrogen (secondary N) is 2. The van der Waals surface area contributed by atoms with Crippen LogP contribution in [0, 0.1) is 17.2 Å². The Bertz CT molecular complexity index is 2500. The largest absolute Gasteiger partial charge is 0.495 e. The second-order valence-corrected chi connectivity index (χ2v) is 18.8. The summed E-state index contributed by atoms with van der Waals surface area (Å²) >= 11 is 6.75. The first-order chi connectivity index (χ1) is 32.9. The number of urea groups is 1. The maximum absolute atomic E-state index is 16.2. The van der Waals surface area contributed by atoms with Crippen LogP contribution in [0.2, 0.25) is 5.02 Å². The van der Waals surface area contributed by atoms with Crippen LogP contribution in [0.4, 0.5) is 14.9 Å². The van der Waals surface area contributed by atoms with Crippen LogP contribution in [0.25, 0.3) is 11.1 Å². The fraction of sp³-hybridized carbons (Fsp3) is 0.442. The molecular weight excluding hydrogens is 891 g/mol. The molecule has 1 aliphatic carbocycles. The van der Waals surface area contributed by atoms with Crippen molar-refractivity contribution in [2.45, 2.75) is 69.7 Å². The molecule has 68 heavy (non-hydrogen) atoms. The monoisotopic (exact) mass is 950 g/mol. The number of imide groups is 1. The van der Waals surface area contributed by atoms with Crippen molar-refractivity contribution in [3.05, 3.63) is 112 Å². The molecule has 1 spiro atoms. The van der Waals surface area contributed by atoms with Crippen molar-refractivity contribution in [1.82, 2.24) is 20.4 Å². The number of methoxy groups -OCH3 is 2. The lowest BCUT2D eigenvalue weighted by atomic mass is 9.71. The van der Waals surface area contributed by atoms with E-state index in [-0.39, 0.29) is 89.1 Å². The molecule has 0 aromatic heterocycles. The predicted molar refractivity (Wildman–Crippen MR) is 257 cm³/mol. The van der Waals surface area contributed by atoms with Crippen molar-refractivity contribution in [3.8, 4) is 22.6 Å². The van der Waals surface area contributed by atoms with Gasteiger partial charge in [0.1, 0.15) is 12.4 Å². The van der Waals surface area contributed by atoms with Crippen molar-refractivity contribution < 1.29 is 42.6 Å². The summed E-state index contributed by atoms with van der Waals surface area (Å²) in [5, 5.41) is 6.40. The Morgan fingerprint density at radius 2 is 1.53 bits per heavy atom. The molecule has 0 bridgehead atoms. The number of hydrogen-bond donors (Lipinski definition) is 3. The van der Waals surface area contributed by atoms with Gasteiger partial charge >= 0.3 is 6.03 Å². The van der Waals surface area contributed by atoms with E-state index >= 15 is 4.39 Å². The van der Waals surface area contributed by atoms with Crippen LogP contribution in [0.3, 0.4) is 0 Å². The van der Waals surface area contributed by atoms with Crippen LogP contribution in [0.5, 0.6) is 11.5 Å². The summed E-state index contributed by atoms with van der Waals surface area (Å²) in [7, 11) is 3.03. The van der Waals surface area contributed by atoms with Crippen LogP contribution in [-0.2, 0) is 14.3 Å². The van der Waals surface area contributed by atoms with Crippen molar-refractivity contribution in [2.75, 3.05) is 71.6 Å². The molecule has 4 aromatic carbocycles. The Balaban J connectivity index is 0.850. The standard InChI is InChI=1S/C52H60ClFN6O8/c1-66-28-29-68-44-17-14-38(48(55)62)46(47(44)54)39-30-35(10-15-41(39)53)40(33-6-4-3-5-7-33)32-56-37-12-8-34(9-13-37)49(63)58-24-19-52(20-25-58)21-26-59(27-22-52)50(64)36-11-16-43(67-2)42(31-36)60-23-18-45(61)57-51(60)65/h3-7,10-11,14-17,30-31,34,37,40,56H,8-9,12-13,18-29,32H2,1-2H3,(H2,55,62)(H,57,61,65). The number of carbonyl (C=O) groups is 5. The van der Waals surface area contributed by atoms with E-state index in [0.717, 1.165) is 62.5 Å². The van der Waals surface area contributed by atoms with Crippen LogP contribution in [0.15, 0.2) is 78.9 Å². The summed E-state index contributed by atoms with van der Waals surface area (Å²) in [5.41, 5.74) is 8.99. The first-order valence-corrected chi connectivity index (χ1v) is 24.0. The molecule has 4 fully saturated rings. The number of benzene rings is 4. The molecule has 4 aromatic rings. The molecule has 1 unspecified atom stereocenters. The Morgan fingerprint density at radius 1 is 0.838 bits per heavy atom. The number of piperidine rings is 2. The van der Waals surface area contributed by atoms with Crippen LogP contribution in [0.1, 0.15) is 95.5 Å². The van der Waals surface area contributed by atoms with E-state index in [0.29, 0.717) is 55.3 Å². The zero-order valence-corrected chi connectivity index (χ0v) is 39.5. The number of ether oxygens (including phenoxy) is 3. The summed E-state index contributed by atoms with van der Waals surface area (Å²) in [6.45, 7) is 3.81. The van der Waals surface area contributed by atoms with E-state index < -0.39 is 17.8 Å². The number of likely N-dealkylation sites (tertiary alicyclic amines) is 2. The molecule has 360 valence electrons. The van der Waals surface area contributed by atoms with Gasteiger partial charge in [0, 0.05) is 92.4 Å². The third kappa shape index (κ3) is 10.6. The summed E-state index contributed by atoms with van der Waals surface area (Å²) in [4.78, 5) is 70.0. The van der Waals surface area contributed by atoms with Gasteiger partial charge in [-0.15, -0.1) is 0 Å². The summed E-state index contributed by atoms with van der Waals surface area (Å²) < 4.78 is 32.4. The number of anilines is 1. The number of hydrogen-bond acceptors (Lipinski definition) is 9. The fourth-order valence-electron chi connectivity index (χ4n) is 10.4. The van der Waals surface area contributed by atoms with Gasteiger partial charge in [0.15, 0.2) is 11.6 Å². The highest BCUT2D eigenvalue weighted by Crippen LogP contribution is 2.43.